The summed E-state index contributed by atoms with van der Waals surface area (Å²) < 4.78 is 30.4. The molecule has 27 heavy (non-hydrogen) atoms. The summed E-state index contributed by atoms with van der Waals surface area (Å²) in [6.07, 6.45) is 7.71. The molecule has 0 aromatic heterocycles. The van der Waals surface area contributed by atoms with Gasteiger partial charge in [0.05, 0.1) is 7.11 Å². The highest BCUT2D eigenvalue weighted by atomic mass is 32.2. The fourth-order valence-corrected chi connectivity index (χ4v) is 7.18. The summed E-state index contributed by atoms with van der Waals surface area (Å²) in [5.74, 6) is 2.29. The van der Waals surface area contributed by atoms with E-state index in [0.29, 0.717) is 6.42 Å². The quantitative estimate of drug-likeness (QED) is 0.729. The molecule has 2 N–H and O–H groups in total. The second-order valence-corrected chi connectivity index (χ2v) is 10.6. The Kier molecular flexibility index (Phi) is 4.71. The number of benzene rings is 1. The molecule has 5 rings (SSSR count). The molecule has 0 heterocycles. The summed E-state index contributed by atoms with van der Waals surface area (Å²) in [6, 6.07) is 4.93. The molecule has 1 amide bonds. The van der Waals surface area contributed by atoms with Crippen LogP contribution in [0.25, 0.3) is 0 Å². The highest BCUT2D eigenvalue weighted by Gasteiger charge is 2.51. The second kappa shape index (κ2) is 6.78. The average molecular weight is 393 g/mol. The van der Waals surface area contributed by atoms with Gasteiger partial charge in [-0.15, -0.1) is 4.83 Å². The van der Waals surface area contributed by atoms with Crippen molar-refractivity contribution in [1.29, 1.82) is 0 Å². The molecule has 1 aromatic rings. The Labute approximate surface area is 161 Å². The zero-order valence-electron chi connectivity index (χ0n) is 16.0. The van der Waals surface area contributed by atoms with E-state index in [9.17, 15) is 13.2 Å². The van der Waals surface area contributed by atoms with Crippen molar-refractivity contribution in [3.8, 4) is 5.75 Å². The highest BCUT2D eigenvalue weighted by Crippen LogP contribution is 2.61. The van der Waals surface area contributed by atoms with Gasteiger partial charge in [0.2, 0.25) is 5.91 Å². The van der Waals surface area contributed by atoms with Crippen molar-refractivity contribution in [2.75, 3.05) is 7.11 Å². The fraction of sp³-hybridized carbons (Fsp3) is 0.650. The molecular formula is C20H28N2O4S. The maximum Gasteiger partial charge on any atom is 0.261 e. The van der Waals surface area contributed by atoms with Gasteiger partial charge < -0.3 is 4.74 Å². The third kappa shape index (κ3) is 3.72. The zero-order valence-corrected chi connectivity index (χ0v) is 16.8. The Bertz CT molecular complexity index is 814. The Hall–Kier alpha value is -1.60. The fourth-order valence-electron chi connectivity index (χ4n) is 6.06. The Morgan fingerprint density at radius 3 is 2.30 bits per heavy atom. The van der Waals surface area contributed by atoms with E-state index in [1.165, 1.54) is 32.4 Å². The van der Waals surface area contributed by atoms with E-state index < -0.39 is 10.0 Å². The minimum absolute atomic E-state index is 0.0279. The van der Waals surface area contributed by atoms with Crippen LogP contribution in [-0.4, -0.2) is 21.4 Å². The molecule has 4 saturated carbocycles. The molecule has 0 radical (unpaired) electrons. The van der Waals surface area contributed by atoms with Crippen molar-refractivity contribution in [3.63, 3.8) is 0 Å². The molecule has 4 aliphatic rings. The molecule has 4 aliphatic carbocycles. The van der Waals surface area contributed by atoms with Gasteiger partial charge in [0.25, 0.3) is 10.0 Å². The molecule has 0 saturated heterocycles. The van der Waals surface area contributed by atoms with Crippen molar-refractivity contribution in [2.45, 2.75) is 56.8 Å². The minimum Gasteiger partial charge on any atom is -0.495 e. The molecule has 0 spiro atoms. The molecular weight excluding hydrogens is 364 g/mol. The van der Waals surface area contributed by atoms with Crippen LogP contribution in [0.5, 0.6) is 5.75 Å². The first-order valence-electron chi connectivity index (χ1n) is 9.74. The van der Waals surface area contributed by atoms with Crippen molar-refractivity contribution in [3.05, 3.63) is 23.8 Å². The van der Waals surface area contributed by atoms with E-state index in [4.69, 9.17) is 4.74 Å². The number of carbonyl (C=O) groups excluding carboxylic acids is 1. The number of rotatable bonds is 6. The zero-order chi connectivity index (χ0) is 19.2. The molecule has 6 nitrogen and oxygen atoms in total. The average Bonchev–Trinajstić information content (AvgIpc) is 2.58. The van der Waals surface area contributed by atoms with Crippen LogP contribution in [0.15, 0.2) is 23.1 Å². The molecule has 0 unspecified atom stereocenters. The van der Waals surface area contributed by atoms with Crippen LogP contribution in [0.1, 0.15) is 50.5 Å². The lowest BCUT2D eigenvalue weighted by Crippen LogP contribution is -2.50. The van der Waals surface area contributed by atoms with E-state index in [1.807, 2.05) is 6.92 Å². The lowest BCUT2D eigenvalue weighted by atomic mass is 9.49. The molecule has 4 bridgehead atoms. The van der Waals surface area contributed by atoms with Gasteiger partial charge >= 0.3 is 0 Å². The first-order valence-corrected chi connectivity index (χ1v) is 11.2. The lowest BCUT2D eigenvalue weighted by Gasteiger charge is -2.56. The largest absolute Gasteiger partial charge is 0.495 e. The highest BCUT2D eigenvalue weighted by molar-refractivity contribution is 7.89. The van der Waals surface area contributed by atoms with E-state index in [2.05, 4.69) is 10.3 Å². The SMILES string of the molecule is COc1ccc(C)cc1S(=O)(=O)NNC(=O)CC12CC3CC(CC(C3)C1)C2. The van der Waals surface area contributed by atoms with Gasteiger partial charge in [-0.2, -0.15) is 0 Å². The molecule has 1 aromatic carbocycles. The van der Waals surface area contributed by atoms with Gasteiger partial charge in [0, 0.05) is 6.42 Å². The van der Waals surface area contributed by atoms with Crippen molar-refractivity contribution in [2.24, 2.45) is 23.2 Å². The van der Waals surface area contributed by atoms with E-state index in [0.717, 1.165) is 42.6 Å². The molecule has 0 atom stereocenters. The second-order valence-electron chi connectivity index (χ2n) is 8.90. The summed E-state index contributed by atoms with van der Waals surface area (Å²) in [5, 5.41) is 0. The molecule has 0 aliphatic heterocycles. The number of hydrogen-bond acceptors (Lipinski definition) is 4. The van der Waals surface area contributed by atoms with Crippen LogP contribution in [0.4, 0.5) is 0 Å². The third-order valence-corrected chi connectivity index (χ3v) is 7.90. The summed E-state index contributed by atoms with van der Waals surface area (Å²) in [6.45, 7) is 1.81. The number of nitrogens with one attached hydrogen (secondary N) is 2. The number of amides is 1. The maximum atomic E-state index is 12.6. The molecule has 4 fully saturated rings. The lowest BCUT2D eigenvalue weighted by molar-refractivity contribution is -0.129. The van der Waals surface area contributed by atoms with Gasteiger partial charge in [-0.3, -0.25) is 10.2 Å². The van der Waals surface area contributed by atoms with E-state index in [1.54, 1.807) is 12.1 Å². The first-order chi connectivity index (χ1) is 12.8. The van der Waals surface area contributed by atoms with Crippen LogP contribution in [0, 0.1) is 30.1 Å². The van der Waals surface area contributed by atoms with Gasteiger partial charge in [-0.25, -0.2) is 8.42 Å². The smallest absolute Gasteiger partial charge is 0.261 e. The number of ether oxygens (including phenoxy) is 1. The normalized spacial score (nSPS) is 31.7. The Morgan fingerprint density at radius 2 is 1.74 bits per heavy atom. The first kappa shape index (κ1) is 18.7. The topological polar surface area (TPSA) is 84.5 Å². The van der Waals surface area contributed by atoms with E-state index in [-0.39, 0.29) is 22.0 Å². The summed E-state index contributed by atoms with van der Waals surface area (Å²) in [4.78, 5) is 14.8. The number of hydrazine groups is 1. The monoisotopic (exact) mass is 392 g/mol. The van der Waals surface area contributed by atoms with Crippen molar-refractivity contribution < 1.29 is 17.9 Å². The molecule has 7 heteroatoms. The number of methoxy groups -OCH3 is 1. The number of sulfonamides is 1. The van der Waals surface area contributed by atoms with E-state index >= 15 is 0 Å². The summed E-state index contributed by atoms with van der Waals surface area (Å²) >= 11 is 0. The van der Waals surface area contributed by atoms with Crippen LogP contribution in [0.2, 0.25) is 0 Å². The summed E-state index contributed by atoms with van der Waals surface area (Å²) in [5.41, 5.74) is 3.31. The maximum absolute atomic E-state index is 12.6. The standard InChI is InChI=1S/C20H28N2O4S/c1-13-3-4-17(26-2)18(5-13)27(24,25)22-21-19(23)12-20-9-14-6-15(10-20)8-16(7-14)11-20/h3-5,14-16,22H,6-12H2,1-2H3,(H,21,23). The van der Waals surface area contributed by atoms with Crippen LogP contribution in [0.3, 0.4) is 0 Å². The summed E-state index contributed by atoms with van der Waals surface area (Å²) in [7, 11) is -2.47. The van der Waals surface area contributed by atoms with Crippen LogP contribution >= 0.6 is 0 Å². The minimum atomic E-state index is -3.89. The predicted molar refractivity (Wildman–Crippen MR) is 101 cm³/mol. The predicted octanol–water partition coefficient (Wildman–Crippen LogP) is 2.92. The molecule has 148 valence electrons. The Morgan fingerprint density at radius 1 is 1.15 bits per heavy atom. The van der Waals surface area contributed by atoms with Crippen molar-refractivity contribution in [1.82, 2.24) is 10.3 Å². The number of carbonyl (C=O) groups is 1. The third-order valence-electron chi connectivity index (χ3n) is 6.63. The van der Waals surface area contributed by atoms with Gasteiger partial charge in [-0.1, -0.05) is 6.07 Å². The van der Waals surface area contributed by atoms with Crippen LogP contribution < -0.4 is 15.0 Å². The Balaban J connectivity index is 1.41. The van der Waals surface area contributed by atoms with Gasteiger partial charge in [0.1, 0.15) is 10.6 Å². The van der Waals surface area contributed by atoms with Gasteiger partial charge in [-0.05, 0) is 86.3 Å². The number of hydrogen-bond donors (Lipinski definition) is 2. The van der Waals surface area contributed by atoms with Gasteiger partial charge in [0.15, 0.2) is 0 Å². The van der Waals surface area contributed by atoms with Crippen molar-refractivity contribution >= 4 is 15.9 Å². The van der Waals surface area contributed by atoms with Crippen LogP contribution in [-0.2, 0) is 14.8 Å². The number of aryl methyl sites for hydroxylation is 1.